The van der Waals surface area contributed by atoms with Crippen molar-refractivity contribution in [3.8, 4) is 0 Å². The Bertz CT molecular complexity index is 1070. The van der Waals surface area contributed by atoms with E-state index in [2.05, 4.69) is 15.3 Å². The summed E-state index contributed by atoms with van der Waals surface area (Å²) in [5, 5.41) is 10.8. The number of hydrogen-bond acceptors (Lipinski definition) is 4. The van der Waals surface area contributed by atoms with Crippen LogP contribution in [-0.4, -0.2) is 63.3 Å². The summed E-state index contributed by atoms with van der Waals surface area (Å²) in [4.78, 5) is 30.7. The summed E-state index contributed by atoms with van der Waals surface area (Å²) in [6.07, 6.45) is 0.534. The van der Waals surface area contributed by atoms with Crippen LogP contribution >= 0.6 is 0 Å². The van der Waals surface area contributed by atoms with Crippen molar-refractivity contribution in [3.63, 3.8) is 0 Å². The Balaban J connectivity index is 1.61. The second-order valence-electron chi connectivity index (χ2n) is 7.60. The molecule has 0 radical (unpaired) electrons. The van der Waals surface area contributed by atoms with Gasteiger partial charge in [-0.2, -0.15) is 5.10 Å². The van der Waals surface area contributed by atoms with E-state index in [1.54, 1.807) is 21.6 Å². The van der Waals surface area contributed by atoms with Gasteiger partial charge in [0.15, 0.2) is 0 Å². The van der Waals surface area contributed by atoms with Crippen molar-refractivity contribution in [1.29, 1.82) is 0 Å². The van der Waals surface area contributed by atoms with Gasteiger partial charge in [-0.15, -0.1) is 0 Å². The Morgan fingerprint density at radius 3 is 2.83 bits per heavy atom. The van der Waals surface area contributed by atoms with Crippen LogP contribution in [0.1, 0.15) is 28.7 Å². The van der Waals surface area contributed by atoms with Crippen molar-refractivity contribution in [2.75, 3.05) is 26.0 Å². The molecule has 3 heterocycles. The number of nitrogens with zero attached hydrogens (tertiary/aromatic N) is 6. The minimum absolute atomic E-state index is 0.132. The first-order valence-electron chi connectivity index (χ1n) is 9.62. The number of fused-ring (bicyclic) bond motifs is 3. The van der Waals surface area contributed by atoms with E-state index in [0.717, 1.165) is 17.3 Å². The van der Waals surface area contributed by atoms with E-state index in [9.17, 15) is 14.0 Å². The molecule has 1 aromatic heterocycles. The standard InChI is InChI=1S/C20H22FN7O2/c1-12-9-16-14(18-19(29)26(4)25(3)7-8-28(18)24-16)11-27(12)20(30)23-13-5-6-15(21)17(10-13)22-2/h5-6,10,12H,7-9,11H2,1,3-4H3,(H,23,30). The zero-order valence-electron chi connectivity index (χ0n) is 17.0. The van der Waals surface area contributed by atoms with Gasteiger partial charge in [-0.1, -0.05) is 0 Å². The van der Waals surface area contributed by atoms with Crippen LogP contribution in [0.4, 0.5) is 20.6 Å². The van der Waals surface area contributed by atoms with Gasteiger partial charge in [0.05, 0.1) is 25.4 Å². The molecule has 2 aliphatic rings. The number of rotatable bonds is 1. The molecular weight excluding hydrogens is 389 g/mol. The molecular formula is C20H22FN7O2. The highest BCUT2D eigenvalue weighted by Gasteiger charge is 2.36. The van der Waals surface area contributed by atoms with Crippen LogP contribution in [0.25, 0.3) is 4.85 Å². The first kappa shape index (κ1) is 19.8. The van der Waals surface area contributed by atoms with Gasteiger partial charge in [0.2, 0.25) is 5.69 Å². The fourth-order valence-corrected chi connectivity index (χ4v) is 3.84. The number of anilines is 1. The van der Waals surface area contributed by atoms with Crippen LogP contribution in [0.3, 0.4) is 0 Å². The SMILES string of the molecule is [C-]#[N+]c1cc(NC(=O)N2Cc3c(nn4c3C(=O)N(C)N(C)CC4)CC2C)ccc1F. The molecule has 0 bridgehead atoms. The van der Waals surface area contributed by atoms with E-state index in [1.807, 2.05) is 19.0 Å². The number of amides is 3. The van der Waals surface area contributed by atoms with Crippen LogP contribution in [-0.2, 0) is 19.5 Å². The lowest BCUT2D eigenvalue weighted by molar-refractivity contribution is 0.0240. The lowest BCUT2D eigenvalue weighted by Gasteiger charge is -2.33. The normalized spacial score (nSPS) is 19.0. The molecule has 0 spiro atoms. The predicted octanol–water partition coefficient (Wildman–Crippen LogP) is 2.48. The number of hydrazine groups is 1. The van der Waals surface area contributed by atoms with Crippen molar-refractivity contribution in [1.82, 2.24) is 24.7 Å². The van der Waals surface area contributed by atoms with Gasteiger partial charge in [0.1, 0.15) is 11.5 Å². The Morgan fingerprint density at radius 1 is 1.33 bits per heavy atom. The highest BCUT2D eigenvalue weighted by Crippen LogP contribution is 2.29. The van der Waals surface area contributed by atoms with E-state index < -0.39 is 5.82 Å². The van der Waals surface area contributed by atoms with Gasteiger partial charge >= 0.3 is 6.03 Å². The Labute approximate surface area is 173 Å². The minimum Gasteiger partial charge on any atom is -0.317 e. The van der Waals surface area contributed by atoms with Crippen LogP contribution in [0.2, 0.25) is 0 Å². The van der Waals surface area contributed by atoms with Crippen molar-refractivity contribution < 1.29 is 14.0 Å². The van der Waals surface area contributed by atoms with Gasteiger partial charge in [-0.05, 0) is 25.1 Å². The number of hydrogen-bond donors (Lipinski definition) is 1. The topological polar surface area (TPSA) is 78.1 Å². The third-order valence-corrected chi connectivity index (χ3v) is 5.71. The van der Waals surface area contributed by atoms with Gasteiger partial charge in [0, 0.05) is 44.4 Å². The molecule has 2 aromatic rings. The number of benzene rings is 1. The van der Waals surface area contributed by atoms with E-state index in [4.69, 9.17) is 6.57 Å². The molecule has 9 nitrogen and oxygen atoms in total. The maximum atomic E-state index is 13.6. The average Bonchev–Trinajstić information content (AvgIpc) is 3.03. The maximum absolute atomic E-state index is 13.6. The molecule has 4 rings (SSSR count). The number of halogens is 1. The second kappa shape index (κ2) is 7.42. The Hall–Kier alpha value is -3.45. The molecule has 1 N–H and O–H groups in total. The Morgan fingerprint density at radius 2 is 2.10 bits per heavy atom. The van der Waals surface area contributed by atoms with E-state index in [0.29, 0.717) is 30.9 Å². The molecule has 0 aliphatic carbocycles. The summed E-state index contributed by atoms with van der Waals surface area (Å²) in [5.41, 5.74) is 2.30. The first-order valence-corrected chi connectivity index (χ1v) is 9.62. The number of carbonyl (C=O) groups is 2. The highest BCUT2D eigenvalue weighted by atomic mass is 19.1. The molecule has 0 fully saturated rings. The summed E-state index contributed by atoms with van der Waals surface area (Å²) in [5.74, 6) is -0.784. The molecule has 1 aromatic carbocycles. The summed E-state index contributed by atoms with van der Waals surface area (Å²) in [7, 11) is 3.56. The van der Waals surface area contributed by atoms with E-state index >= 15 is 0 Å². The van der Waals surface area contributed by atoms with Crippen LogP contribution < -0.4 is 5.32 Å². The zero-order valence-corrected chi connectivity index (χ0v) is 17.0. The van der Waals surface area contributed by atoms with Crippen molar-refractivity contribution in [2.24, 2.45) is 0 Å². The number of likely N-dealkylation sites (N-methyl/N-ethyl adjacent to an activating group) is 1. The molecule has 2 aliphatic heterocycles. The fraction of sp³-hybridized carbons (Fsp3) is 0.400. The monoisotopic (exact) mass is 411 g/mol. The van der Waals surface area contributed by atoms with Gasteiger partial charge in [-0.3, -0.25) is 14.5 Å². The minimum atomic E-state index is -0.630. The summed E-state index contributed by atoms with van der Waals surface area (Å²) >= 11 is 0. The van der Waals surface area contributed by atoms with E-state index in [1.165, 1.54) is 12.1 Å². The molecule has 0 saturated carbocycles. The summed E-state index contributed by atoms with van der Waals surface area (Å²) in [6.45, 7) is 10.4. The van der Waals surface area contributed by atoms with Crippen LogP contribution in [0.15, 0.2) is 18.2 Å². The number of carbonyl (C=O) groups excluding carboxylic acids is 2. The van der Waals surface area contributed by atoms with Gasteiger partial charge in [-0.25, -0.2) is 19.0 Å². The van der Waals surface area contributed by atoms with Gasteiger partial charge < -0.3 is 10.2 Å². The smallest absolute Gasteiger partial charge is 0.317 e. The van der Waals surface area contributed by atoms with Crippen molar-refractivity contribution in [3.05, 3.63) is 52.4 Å². The molecule has 30 heavy (non-hydrogen) atoms. The number of nitrogens with one attached hydrogen (secondary N) is 1. The molecule has 3 amide bonds. The predicted molar refractivity (Wildman–Crippen MR) is 107 cm³/mol. The first-order chi connectivity index (χ1) is 14.3. The lowest BCUT2D eigenvalue weighted by Crippen LogP contribution is -2.45. The van der Waals surface area contributed by atoms with Gasteiger partial charge in [0.25, 0.3) is 5.91 Å². The highest BCUT2D eigenvalue weighted by molar-refractivity contribution is 5.95. The molecule has 156 valence electrons. The molecule has 10 heteroatoms. The third-order valence-electron chi connectivity index (χ3n) is 5.71. The quantitative estimate of drug-likeness (QED) is 0.732. The molecule has 1 unspecified atom stereocenters. The molecule has 0 saturated heterocycles. The van der Waals surface area contributed by atoms with Crippen LogP contribution in [0, 0.1) is 12.4 Å². The van der Waals surface area contributed by atoms with Crippen molar-refractivity contribution in [2.45, 2.75) is 32.5 Å². The summed E-state index contributed by atoms with van der Waals surface area (Å²) in [6, 6.07) is 3.38. The third kappa shape index (κ3) is 3.27. The fourth-order valence-electron chi connectivity index (χ4n) is 3.84. The lowest BCUT2D eigenvalue weighted by atomic mass is 9.99. The largest absolute Gasteiger partial charge is 0.322 e. The molecule has 1 atom stereocenters. The maximum Gasteiger partial charge on any atom is 0.322 e. The second-order valence-corrected chi connectivity index (χ2v) is 7.60. The number of aromatic nitrogens is 2. The zero-order chi connectivity index (χ0) is 21.6. The average molecular weight is 411 g/mol. The number of urea groups is 1. The van der Waals surface area contributed by atoms with Crippen LogP contribution in [0.5, 0.6) is 0 Å². The van der Waals surface area contributed by atoms with E-state index in [-0.39, 0.29) is 30.2 Å². The Kier molecular flexibility index (Phi) is 4.91. The summed E-state index contributed by atoms with van der Waals surface area (Å²) < 4.78 is 15.3. The van der Waals surface area contributed by atoms with Crippen molar-refractivity contribution >= 4 is 23.3 Å².